The molecule has 0 radical (unpaired) electrons. The number of anilines is 3. The van der Waals surface area contributed by atoms with Gasteiger partial charge in [0.2, 0.25) is 0 Å². The van der Waals surface area contributed by atoms with E-state index in [9.17, 15) is 0 Å². The summed E-state index contributed by atoms with van der Waals surface area (Å²) in [4.78, 5) is 2.35. The van der Waals surface area contributed by atoms with Gasteiger partial charge in [0.1, 0.15) is 0 Å². The van der Waals surface area contributed by atoms with Crippen LogP contribution in [0.1, 0.15) is 27.8 Å². The van der Waals surface area contributed by atoms with E-state index in [0.717, 1.165) is 28.2 Å². The van der Waals surface area contributed by atoms with E-state index in [1.807, 2.05) is 6.07 Å². The molecule has 0 aromatic heterocycles. The second-order valence-corrected chi connectivity index (χ2v) is 10.8. The van der Waals surface area contributed by atoms with Gasteiger partial charge in [0.25, 0.3) is 0 Å². The SMILES string of the molecule is Cc1ccc(C=Cc2ccc(N(c3ccc(C=CC=Cc4ccccc4)cc3)c3ccccc3-c3ccccc3)cc2)cc1. The Morgan fingerprint density at radius 1 is 0.386 bits per heavy atom. The Labute approximate surface area is 261 Å². The molecule has 212 valence electrons. The number of nitrogens with zero attached hydrogens (tertiary/aromatic N) is 1. The number of rotatable bonds is 9. The molecular formula is C43H35N. The molecule has 0 saturated heterocycles. The average Bonchev–Trinajstić information content (AvgIpc) is 3.09. The van der Waals surface area contributed by atoms with Crippen LogP contribution in [0.5, 0.6) is 0 Å². The van der Waals surface area contributed by atoms with Crippen molar-refractivity contribution in [1.82, 2.24) is 0 Å². The van der Waals surface area contributed by atoms with E-state index >= 15 is 0 Å². The van der Waals surface area contributed by atoms with E-state index in [2.05, 4.69) is 200 Å². The molecule has 0 saturated carbocycles. The summed E-state index contributed by atoms with van der Waals surface area (Å²) in [6.07, 6.45) is 12.8. The third-order valence-corrected chi connectivity index (χ3v) is 7.57. The molecule has 1 nitrogen and oxygen atoms in total. The van der Waals surface area contributed by atoms with Crippen LogP contribution < -0.4 is 4.90 Å². The summed E-state index contributed by atoms with van der Waals surface area (Å²) in [6, 6.07) is 55.7. The van der Waals surface area contributed by atoms with Crippen LogP contribution in [0.4, 0.5) is 17.1 Å². The number of para-hydroxylation sites is 1. The predicted molar refractivity (Wildman–Crippen MR) is 191 cm³/mol. The van der Waals surface area contributed by atoms with Gasteiger partial charge in [0.15, 0.2) is 0 Å². The minimum atomic E-state index is 1.10. The molecule has 0 aliphatic heterocycles. The van der Waals surface area contributed by atoms with E-state index in [4.69, 9.17) is 0 Å². The molecule has 0 amide bonds. The van der Waals surface area contributed by atoms with E-state index in [1.54, 1.807) is 0 Å². The van der Waals surface area contributed by atoms with Crippen molar-refractivity contribution < 1.29 is 0 Å². The average molecular weight is 566 g/mol. The normalized spacial score (nSPS) is 11.5. The zero-order valence-electron chi connectivity index (χ0n) is 24.9. The van der Waals surface area contributed by atoms with Gasteiger partial charge in [-0.25, -0.2) is 0 Å². The van der Waals surface area contributed by atoms with Crippen molar-refractivity contribution in [3.63, 3.8) is 0 Å². The van der Waals surface area contributed by atoms with Gasteiger partial charge in [0, 0.05) is 16.9 Å². The Hall–Kier alpha value is -5.66. The smallest absolute Gasteiger partial charge is 0.0540 e. The van der Waals surface area contributed by atoms with Gasteiger partial charge in [-0.05, 0) is 65.1 Å². The van der Waals surface area contributed by atoms with Crippen molar-refractivity contribution in [3.8, 4) is 11.1 Å². The lowest BCUT2D eigenvalue weighted by atomic mass is 10.0. The molecular weight excluding hydrogens is 530 g/mol. The number of aryl methyl sites for hydroxylation is 1. The molecule has 44 heavy (non-hydrogen) atoms. The Morgan fingerprint density at radius 2 is 0.818 bits per heavy atom. The van der Waals surface area contributed by atoms with Crippen molar-refractivity contribution in [2.45, 2.75) is 6.92 Å². The zero-order chi connectivity index (χ0) is 30.0. The van der Waals surface area contributed by atoms with Gasteiger partial charge in [-0.15, -0.1) is 0 Å². The van der Waals surface area contributed by atoms with Crippen LogP contribution in [0.3, 0.4) is 0 Å². The number of hydrogen-bond acceptors (Lipinski definition) is 1. The summed E-state index contributed by atoms with van der Waals surface area (Å²) in [6.45, 7) is 2.11. The Kier molecular flexibility index (Phi) is 9.06. The summed E-state index contributed by atoms with van der Waals surface area (Å²) in [7, 11) is 0. The van der Waals surface area contributed by atoms with Crippen LogP contribution in [0.25, 0.3) is 35.4 Å². The molecule has 0 unspecified atom stereocenters. The van der Waals surface area contributed by atoms with E-state index in [1.165, 1.54) is 27.8 Å². The monoisotopic (exact) mass is 565 g/mol. The Bertz CT molecular complexity index is 1860. The molecule has 0 aliphatic carbocycles. The molecule has 6 rings (SSSR count). The van der Waals surface area contributed by atoms with Crippen LogP contribution in [-0.2, 0) is 0 Å². The van der Waals surface area contributed by atoms with Gasteiger partial charge in [0.05, 0.1) is 5.69 Å². The van der Waals surface area contributed by atoms with Crippen molar-refractivity contribution in [3.05, 3.63) is 198 Å². The first-order valence-electron chi connectivity index (χ1n) is 15.0. The third kappa shape index (κ3) is 7.21. The summed E-state index contributed by atoms with van der Waals surface area (Å²) in [5.74, 6) is 0. The van der Waals surface area contributed by atoms with E-state index in [-0.39, 0.29) is 0 Å². The van der Waals surface area contributed by atoms with Crippen molar-refractivity contribution >= 4 is 41.4 Å². The fraction of sp³-hybridized carbons (Fsp3) is 0.0233. The first-order valence-corrected chi connectivity index (χ1v) is 15.0. The highest BCUT2D eigenvalue weighted by Gasteiger charge is 2.16. The minimum Gasteiger partial charge on any atom is -0.310 e. The minimum absolute atomic E-state index is 1.10. The molecule has 0 N–H and O–H groups in total. The molecule has 6 aromatic carbocycles. The second-order valence-electron chi connectivity index (χ2n) is 10.8. The van der Waals surface area contributed by atoms with Crippen LogP contribution in [0.15, 0.2) is 170 Å². The lowest BCUT2D eigenvalue weighted by Crippen LogP contribution is -2.11. The van der Waals surface area contributed by atoms with Gasteiger partial charge >= 0.3 is 0 Å². The van der Waals surface area contributed by atoms with Crippen LogP contribution in [0, 0.1) is 6.92 Å². The molecule has 0 heterocycles. The van der Waals surface area contributed by atoms with Gasteiger partial charge in [-0.2, -0.15) is 0 Å². The van der Waals surface area contributed by atoms with Crippen LogP contribution >= 0.6 is 0 Å². The van der Waals surface area contributed by atoms with E-state index < -0.39 is 0 Å². The first kappa shape index (κ1) is 28.5. The van der Waals surface area contributed by atoms with E-state index in [0.29, 0.717) is 0 Å². The standard InChI is InChI=1S/C43H35N/c1-34-20-22-37(23-21-34)24-25-38-28-32-41(33-29-38)44(43-19-11-10-18-42(43)39-16-6-3-7-17-39)40-30-26-36(27-31-40)15-9-8-14-35-12-4-2-5-13-35/h2-33H,1H3. The molecule has 1 heteroatoms. The maximum Gasteiger partial charge on any atom is 0.0540 e. The summed E-state index contributed by atoms with van der Waals surface area (Å²) < 4.78 is 0. The predicted octanol–water partition coefficient (Wildman–Crippen LogP) is 12.0. The maximum atomic E-state index is 2.35. The largest absolute Gasteiger partial charge is 0.310 e. The van der Waals surface area contributed by atoms with Crippen molar-refractivity contribution in [2.75, 3.05) is 4.90 Å². The second kappa shape index (κ2) is 14.0. The number of hydrogen-bond donors (Lipinski definition) is 0. The fourth-order valence-corrected chi connectivity index (χ4v) is 5.19. The van der Waals surface area contributed by atoms with Crippen LogP contribution in [0.2, 0.25) is 0 Å². The zero-order valence-corrected chi connectivity index (χ0v) is 24.9. The molecule has 0 spiro atoms. The lowest BCUT2D eigenvalue weighted by molar-refractivity contribution is 1.28. The summed E-state index contributed by atoms with van der Waals surface area (Å²) >= 11 is 0. The van der Waals surface area contributed by atoms with Crippen molar-refractivity contribution in [2.24, 2.45) is 0 Å². The molecule has 0 aliphatic rings. The highest BCUT2D eigenvalue weighted by atomic mass is 15.1. The first-order chi connectivity index (χ1) is 21.7. The highest BCUT2D eigenvalue weighted by molar-refractivity contribution is 5.88. The topological polar surface area (TPSA) is 3.24 Å². The van der Waals surface area contributed by atoms with Crippen LogP contribution in [-0.4, -0.2) is 0 Å². The number of benzene rings is 6. The maximum absolute atomic E-state index is 2.35. The van der Waals surface area contributed by atoms with Gasteiger partial charge in [-0.1, -0.05) is 169 Å². The fourth-order valence-electron chi connectivity index (χ4n) is 5.19. The van der Waals surface area contributed by atoms with Gasteiger partial charge in [-0.3, -0.25) is 0 Å². The summed E-state index contributed by atoms with van der Waals surface area (Å²) in [5, 5.41) is 0. The lowest BCUT2D eigenvalue weighted by Gasteiger charge is -2.28. The quantitative estimate of drug-likeness (QED) is 0.124. The molecule has 6 aromatic rings. The number of allylic oxidation sites excluding steroid dienone is 2. The molecule has 0 fully saturated rings. The Morgan fingerprint density at radius 3 is 1.39 bits per heavy atom. The highest BCUT2D eigenvalue weighted by Crippen LogP contribution is 2.40. The molecule has 0 bridgehead atoms. The van der Waals surface area contributed by atoms with Crippen molar-refractivity contribution in [1.29, 1.82) is 0 Å². The Balaban J connectivity index is 1.32. The summed E-state index contributed by atoms with van der Waals surface area (Å²) in [5.41, 5.74) is 11.7. The van der Waals surface area contributed by atoms with Gasteiger partial charge < -0.3 is 4.90 Å². The molecule has 0 atom stereocenters. The third-order valence-electron chi connectivity index (χ3n) is 7.57.